The van der Waals surface area contributed by atoms with Crippen LogP contribution in [0, 0.1) is 5.82 Å². The van der Waals surface area contributed by atoms with Gasteiger partial charge in [-0.05, 0) is 30.5 Å². The minimum absolute atomic E-state index is 0.113. The second kappa shape index (κ2) is 10.7. The van der Waals surface area contributed by atoms with Crippen LogP contribution in [0.5, 0.6) is 0 Å². The van der Waals surface area contributed by atoms with Crippen molar-refractivity contribution in [3.05, 3.63) is 66.0 Å². The predicted octanol–water partition coefficient (Wildman–Crippen LogP) is 2.88. The van der Waals surface area contributed by atoms with Gasteiger partial charge in [0.2, 0.25) is 0 Å². The molecule has 0 spiro atoms. The predicted molar refractivity (Wildman–Crippen MR) is 111 cm³/mol. The summed E-state index contributed by atoms with van der Waals surface area (Å²) in [6.07, 6.45) is 1.89. The number of urea groups is 1. The molecule has 28 heavy (non-hydrogen) atoms. The van der Waals surface area contributed by atoms with Crippen LogP contribution in [0.4, 0.5) is 14.9 Å². The van der Waals surface area contributed by atoms with E-state index in [0.717, 1.165) is 45.6 Å². The Bertz CT molecular complexity index is 732. The Morgan fingerprint density at radius 2 is 1.57 bits per heavy atom. The molecule has 3 rings (SSSR count). The van der Waals surface area contributed by atoms with E-state index < -0.39 is 0 Å². The lowest BCUT2D eigenvalue weighted by atomic mass is 10.1. The van der Waals surface area contributed by atoms with Gasteiger partial charge in [-0.25, -0.2) is 9.18 Å². The fourth-order valence-corrected chi connectivity index (χ4v) is 3.45. The maximum atomic E-state index is 13.9. The molecule has 0 atom stereocenters. The highest BCUT2D eigenvalue weighted by molar-refractivity contribution is 5.73. The second-order valence-corrected chi connectivity index (χ2v) is 7.05. The van der Waals surface area contributed by atoms with Gasteiger partial charge in [-0.2, -0.15) is 0 Å². The molecule has 2 N–H and O–H groups in total. The highest BCUT2D eigenvalue weighted by Crippen LogP contribution is 2.19. The number of carbonyl (C=O) groups excluding carboxylic acids is 1. The van der Waals surface area contributed by atoms with E-state index in [0.29, 0.717) is 18.8 Å². The number of para-hydroxylation sites is 1. The lowest BCUT2D eigenvalue weighted by molar-refractivity contribution is 0.232. The van der Waals surface area contributed by atoms with Crippen molar-refractivity contribution in [1.82, 2.24) is 15.5 Å². The standard InChI is InChI=1S/C22H29FN4O/c23-20-10-4-5-11-21(20)27-17-15-26(16-18-27)14-13-25-22(28)24-12-6-9-19-7-2-1-3-8-19/h1-5,7-8,10-11H,6,9,12-18H2,(H2,24,25,28). The first-order valence-electron chi connectivity index (χ1n) is 10.00. The first-order valence-corrected chi connectivity index (χ1v) is 10.00. The average Bonchev–Trinajstić information content (AvgIpc) is 2.73. The molecule has 2 aromatic carbocycles. The Morgan fingerprint density at radius 3 is 2.32 bits per heavy atom. The van der Waals surface area contributed by atoms with Gasteiger partial charge in [-0.3, -0.25) is 4.90 Å². The Balaban J connectivity index is 1.25. The second-order valence-electron chi connectivity index (χ2n) is 7.05. The molecule has 0 saturated carbocycles. The number of piperazine rings is 1. The van der Waals surface area contributed by atoms with Gasteiger partial charge in [0.25, 0.3) is 0 Å². The van der Waals surface area contributed by atoms with Gasteiger partial charge in [0.15, 0.2) is 0 Å². The van der Waals surface area contributed by atoms with Crippen molar-refractivity contribution in [1.29, 1.82) is 0 Å². The Labute approximate surface area is 166 Å². The quantitative estimate of drug-likeness (QED) is 0.688. The zero-order valence-corrected chi connectivity index (χ0v) is 16.2. The van der Waals surface area contributed by atoms with Crippen LogP contribution in [0.1, 0.15) is 12.0 Å². The molecule has 2 amide bonds. The molecule has 1 heterocycles. The summed E-state index contributed by atoms with van der Waals surface area (Å²) in [6.45, 7) is 5.43. The topological polar surface area (TPSA) is 47.6 Å². The molecule has 1 fully saturated rings. The van der Waals surface area contributed by atoms with Crippen LogP contribution >= 0.6 is 0 Å². The van der Waals surface area contributed by atoms with Gasteiger partial charge in [0, 0.05) is 45.8 Å². The van der Waals surface area contributed by atoms with E-state index in [9.17, 15) is 9.18 Å². The van der Waals surface area contributed by atoms with E-state index in [1.807, 2.05) is 30.3 Å². The number of benzene rings is 2. The van der Waals surface area contributed by atoms with Crippen molar-refractivity contribution < 1.29 is 9.18 Å². The van der Waals surface area contributed by atoms with Gasteiger partial charge in [0.1, 0.15) is 5.82 Å². The number of nitrogens with zero attached hydrogens (tertiary/aromatic N) is 2. The molecule has 0 unspecified atom stereocenters. The van der Waals surface area contributed by atoms with Crippen molar-refractivity contribution in [3.63, 3.8) is 0 Å². The molecule has 1 aliphatic heterocycles. The first-order chi connectivity index (χ1) is 13.7. The third-order valence-corrected chi connectivity index (χ3v) is 5.05. The number of anilines is 1. The van der Waals surface area contributed by atoms with Gasteiger partial charge >= 0.3 is 6.03 Å². The third kappa shape index (κ3) is 6.23. The summed E-state index contributed by atoms with van der Waals surface area (Å²) in [7, 11) is 0. The number of nitrogens with one attached hydrogen (secondary N) is 2. The first kappa shape index (κ1) is 20.1. The van der Waals surface area contributed by atoms with Gasteiger partial charge in [-0.15, -0.1) is 0 Å². The molecule has 0 bridgehead atoms. The summed E-state index contributed by atoms with van der Waals surface area (Å²) in [6, 6.07) is 17.1. The minimum atomic E-state index is -0.165. The van der Waals surface area contributed by atoms with E-state index in [4.69, 9.17) is 0 Å². The molecule has 5 nitrogen and oxygen atoms in total. The van der Waals surface area contributed by atoms with Crippen LogP contribution in [-0.2, 0) is 6.42 Å². The summed E-state index contributed by atoms with van der Waals surface area (Å²) in [5.74, 6) is -0.165. The van der Waals surface area contributed by atoms with E-state index in [1.165, 1.54) is 11.6 Å². The van der Waals surface area contributed by atoms with Gasteiger partial charge in [-0.1, -0.05) is 42.5 Å². The van der Waals surface area contributed by atoms with Crippen LogP contribution < -0.4 is 15.5 Å². The SMILES string of the molecule is O=C(NCCCc1ccccc1)NCCN1CCN(c2ccccc2F)CC1. The highest BCUT2D eigenvalue weighted by atomic mass is 19.1. The van der Waals surface area contributed by atoms with E-state index in [-0.39, 0.29) is 11.8 Å². The summed E-state index contributed by atoms with van der Waals surface area (Å²) < 4.78 is 13.9. The zero-order valence-electron chi connectivity index (χ0n) is 16.2. The molecule has 0 radical (unpaired) electrons. The summed E-state index contributed by atoms with van der Waals surface area (Å²) in [5, 5.41) is 5.82. The monoisotopic (exact) mass is 384 g/mol. The lowest BCUT2D eigenvalue weighted by Crippen LogP contribution is -2.49. The minimum Gasteiger partial charge on any atom is -0.367 e. The van der Waals surface area contributed by atoms with Gasteiger partial charge in [0.05, 0.1) is 5.69 Å². The van der Waals surface area contributed by atoms with Crippen LogP contribution in [0.2, 0.25) is 0 Å². The van der Waals surface area contributed by atoms with E-state index in [2.05, 4.69) is 32.6 Å². The molecular formula is C22H29FN4O. The van der Waals surface area contributed by atoms with E-state index >= 15 is 0 Å². The molecule has 6 heteroatoms. The Morgan fingerprint density at radius 1 is 0.893 bits per heavy atom. The smallest absolute Gasteiger partial charge is 0.314 e. The molecular weight excluding hydrogens is 355 g/mol. The number of rotatable bonds is 8. The van der Waals surface area contributed by atoms with Crippen molar-refractivity contribution in [2.24, 2.45) is 0 Å². The number of halogens is 1. The lowest BCUT2D eigenvalue weighted by Gasteiger charge is -2.36. The maximum absolute atomic E-state index is 13.9. The molecule has 2 aromatic rings. The number of amides is 2. The molecule has 150 valence electrons. The van der Waals surface area contributed by atoms with Crippen LogP contribution in [0.15, 0.2) is 54.6 Å². The normalized spacial score (nSPS) is 14.7. The molecule has 1 saturated heterocycles. The number of carbonyl (C=O) groups is 1. The van der Waals surface area contributed by atoms with Crippen LogP contribution in [0.25, 0.3) is 0 Å². The summed E-state index contributed by atoms with van der Waals surface area (Å²) in [4.78, 5) is 16.3. The van der Waals surface area contributed by atoms with Crippen molar-refractivity contribution in [2.45, 2.75) is 12.8 Å². The number of hydrogen-bond acceptors (Lipinski definition) is 3. The molecule has 0 aliphatic carbocycles. The van der Waals surface area contributed by atoms with Gasteiger partial charge < -0.3 is 15.5 Å². The van der Waals surface area contributed by atoms with Crippen LogP contribution in [-0.4, -0.2) is 56.7 Å². The van der Waals surface area contributed by atoms with Crippen molar-refractivity contribution in [2.75, 3.05) is 50.7 Å². The summed E-state index contributed by atoms with van der Waals surface area (Å²) in [5.41, 5.74) is 1.97. The average molecular weight is 384 g/mol. The van der Waals surface area contributed by atoms with E-state index in [1.54, 1.807) is 6.07 Å². The molecule has 0 aromatic heterocycles. The third-order valence-electron chi connectivity index (χ3n) is 5.05. The summed E-state index contributed by atoms with van der Waals surface area (Å²) >= 11 is 0. The zero-order chi connectivity index (χ0) is 19.6. The number of hydrogen-bond donors (Lipinski definition) is 2. The van der Waals surface area contributed by atoms with Crippen LogP contribution in [0.3, 0.4) is 0 Å². The molecule has 1 aliphatic rings. The fourth-order valence-electron chi connectivity index (χ4n) is 3.45. The number of aryl methyl sites for hydroxylation is 1. The van der Waals surface area contributed by atoms with Crippen molar-refractivity contribution >= 4 is 11.7 Å². The Kier molecular flexibility index (Phi) is 7.67. The Hall–Kier alpha value is -2.60. The largest absolute Gasteiger partial charge is 0.367 e. The maximum Gasteiger partial charge on any atom is 0.314 e. The highest BCUT2D eigenvalue weighted by Gasteiger charge is 2.18. The van der Waals surface area contributed by atoms with Crippen molar-refractivity contribution in [3.8, 4) is 0 Å². The fraction of sp³-hybridized carbons (Fsp3) is 0.409.